The van der Waals surface area contributed by atoms with Crippen LogP contribution in [0.2, 0.25) is 0 Å². The van der Waals surface area contributed by atoms with Gasteiger partial charge in [-0.3, -0.25) is 4.79 Å². The van der Waals surface area contributed by atoms with Crippen LogP contribution in [0.1, 0.15) is 33.1 Å². The number of allylic oxidation sites excluding steroid dienone is 4. The quantitative estimate of drug-likeness (QED) is 0.778. The van der Waals surface area contributed by atoms with Crippen molar-refractivity contribution < 1.29 is 14.7 Å². The number of hydrogen-bond donors (Lipinski definition) is 1. The number of aliphatic carboxylic acids is 1. The first kappa shape index (κ1) is 14.4. The Hall–Kier alpha value is -1.64. The lowest BCUT2D eigenvalue weighted by molar-refractivity contribution is -0.133. The van der Waals surface area contributed by atoms with Gasteiger partial charge in [0.15, 0.2) is 5.78 Å². The van der Waals surface area contributed by atoms with Crippen molar-refractivity contribution in [3.05, 3.63) is 36.0 Å². The lowest BCUT2D eigenvalue weighted by atomic mass is 9.91. The monoisotopic (exact) mass is 248 g/mol. The van der Waals surface area contributed by atoms with Gasteiger partial charge in [0.1, 0.15) is 0 Å². The van der Waals surface area contributed by atoms with Gasteiger partial charge in [0.2, 0.25) is 0 Å². The highest BCUT2D eigenvalue weighted by Crippen LogP contribution is 2.31. The molecule has 0 bridgehead atoms. The lowest BCUT2D eigenvalue weighted by Gasteiger charge is -2.13. The molecule has 3 heteroatoms. The third-order valence-corrected chi connectivity index (χ3v) is 3.43. The smallest absolute Gasteiger partial charge is 0.331 e. The molecule has 1 N–H and O–H groups in total. The molecule has 0 aromatic rings. The molecule has 98 valence electrons. The highest BCUT2D eigenvalue weighted by Gasteiger charge is 2.22. The summed E-state index contributed by atoms with van der Waals surface area (Å²) >= 11 is 0. The minimum Gasteiger partial charge on any atom is -0.478 e. The van der Waals surface area contributed by atoms with Crippen LogP contribution in [0, 0.1) is 11.8 Å². The fourth-order valence-corrected chi connectivity index (χ4v) is 2.15. The van der Waals surface area contributed by atoms with Gasteiger partial charge in [-0.25, -0.2) is 4.79 Å². The normalized spacial score (nSPS) is 24.4. The molecule has 0 saturated carbocycles. The molecule has 1 aliphatic carbocycles. The molecule has 0 aromatic carbocycles. The number of carboxylic acid groups (broad SMARTS) is 1. The predicted molar refractivity (Wildman–Crippen MR) is 71.2 cm³/mol. The van der Waals surface area contributed by atoms with Crippen LogP contribution in [0.3, 0.4) is 0 Å². The van der Waals surface area contributed by atoms with E-state index in [2.05, 4.69) is 13.5 Å². The highest BCUT2D eigenvalue weighted by molar-refractivity contribution is 5.87. The summed E-state index contributed by atoms with van der Waals surface area (Å²) in [5.41, 5.74) is 1.40. The Morgan fingerprint density at radius 3 is 2.67 bits per heavy atom. The summed E-state index contributed by atoms with van der Waals surface area (Å²) in [6.07, 6.45) is 7.89. The zero-order chi connectivity index (χ0) is 13.7. The second kappa shape index (κ2) is 6.34. The molecule has 3 nitrogen and oxygen atoms in total. The van der Waals surface area contributed by atoms with E-state index < -0.39 is 5.97 Å². The van der Waals surface area contributed by atoms with Crippen LogP contribution in [-0.4, -0.2) is 16.9 Å². The fraction of sp³-hybridized carbons (Fsp3) is 0.467. The van der Waals surface area contributed by atoms with Crippen LogP contribution in [0.5, 0.6) is 0 Å². The SMILES string of the molecule is C=C(C(=O)O)[C@H]1CC=C(/C=C/C(C)=O)[C@@H](C)CC1. The Balaban J connectivity index is 2.80. The van der Waals surface area contributed by atoms with E-state index in [0.29, 0.717) is 12.3 Å². The van der Waals surface area contributed by atoms with Gasteiger partial charge in [-0.1, -0.05) is 25.7 Å². The van der Waals surface area contributed by atoms with Crippen molar-refractivity contribution in [2.75, 3.05) is 0 Å². The number of hydrogen-bond acceptors (Lipinski definition) is 2. The largest absolute Gasteiger partial charge is 0.478 e. The first-order valence-electron chi connectivity index (χ1n) is 6.22. The molecule has 0 radical (unpaired) electrons. The molecule has 1 aliphatic rings. The van der Waals surface area contributed by atoms with Gasteiger partial charge in [0.25, 0.3) is 0 Å². The van der Waals surface area contributed by atoms with E-state index >= 15 is 0 Å². The molecular weight excluding hydrogens is 228 g/mol. The number of carboxylic acids is 1. The Morgan fingerprint density at radius 2 is 2.11 bits per heavy atom. The maximum Gasteiger partial charge on any atom is 0.331 e. The summed E-state index contributed by atoms with van der Waals surface area (Å²) in [5.74, 6) is -0.525. The summed E-state index contributed by atoms with van der Waals surface area (Å²) in [5, 5.41) is 8.96. The van der Waals surface area contributed by atoms with Crippen LogP contribution in [0.25, 0.3) is 0 Å². The van der Waals surface area contributed by atoms with E-state index in [-0.39, 0.29) is 17.3 Å². The summed E-state index contributed by atoms with van der Waals surface area (Å²) in [4.78, 5) is 21.8. The average molecular weight is 248 g/mol. The maximum atomic E-state index is 10.9. The van der Waals surface area contributed by atoms with Crippen molar-refractivity contribution in [3.63, 3.8) is 0 Å². The van der Waals surface area contributed by atoms with Crippen LogP contribution < -0.4 is 0 Å². The molecule has 18 heavy (non-hydrogen) atoms. The highest BCUT2D eigenvalue weighted by atomic mass is 16.4. The second-order valence-corrected chi connectivity index (χ2v) is 4.89. The first-order chi connectivity index (χ1) is 8.41. The van der Waals surface area contributed by atoms with Crippen LogP contribution >= 0.6 is 0 Å². The number of carbonyl (C=O) groups is 2. The molecule has 2 atom stereocenters. The molecular formula is C15H20O3. The average Bonchev–Trinajstić information content (AvgIpc) is 2.48. The van der Waals surface area contributed by atoms with Gasteiger partial charge in [-0.05, 0) is 49.7 Å². The Morgan fingerprint density at radius 1 is 1.44 bits per heavy atom. The number of rotatable bonds is 4. The van der Waals surface area contributed by atoms with Gasteiger partial charge in [0.05, 0.1) is 0 Å². The molecule has 0 amide bonds. The zero-order valence-electron chi connectivity index (χ0n) is 11.0. The fourth-order valence-electron chi connectivity index (χ4n) is 2.15. The van der Waals surface area contributed by atoms with E-state index in [1.807, 2.05) is 12.2 Å². The van der Waals surface area contributed by atoms with Crippen LogP contribution in [0.4, 0.5) is 0 Å². The Labute approximate surface area is 108 Å². The van der Waals surface area contributed by atoms with Gasteiger partial charge in [-0.15, -0.1) is 0 Å². The molecule has 0 heterocycles. The van der Waals surface area contributed by atoms with Crippen molar-refractivity contribution in [1.29, 1.82) is 0 Å². The van der Waals surface area contributed by atoms with E-state index in [1.165, 1.54) is 6.92 Å². The lowest BCUT2D eigenvalue weighted by Crippen LogP contribution is -2.11. The van der Waals surface area contributed by atoms with Crippen molar-refractivity contribution >= 4 is 11.8 Å². The van der Waals surface area contributed by atoms with E-state index in [4.69, 9.17) is 5.11 Å². The van der Waals surface area contributed by atoms with Gasteiger partial charge in [0, 0.05) is 5.57 Å². The third kappa shape index (κ3) is 3.99. The van der Waals surface area contributed by atoms with E-state index in [9.17, 15) is 9.59 Å². The van der Waals surface area contributed by atoms with E-state index in [0.717, 1.165) is 18.4 Å². The second-order valence-electron chi connectivity index (χ2n) is 4.89. The molecule has 0 fully saturated rings. The number of ketones is 1. The van der Waals surface area contributed by atoms with Crippen LogP contribution in [-0.2, 0) is 9.59 Å². The topological polar surface area (TPSA) is 54.4 Å². The van der Waals surface area contributed by atoms with Gasteiger partial charge < -0.3 is 5.11 Å². The van der Waals surface area contributed by atoms with Gasteiger partial charge in [-0.2, -0.15) is 0 Å². The third-order valence-electron chi connectivity index (χ3n) is 3.43. The summed E-state index contributed by atoms with van der Waals surface area (Å²) in [6.45, 7) is 7.26. The first-order valence-corrected chi connectivity index (χ1v) is 6.22. The van der Waals surface area contributed by atoms with Crippen molar-refractivity contribution in [2.24, 2.45) is 11.8 Å². The summed E-state index contributed by atoms with van der Waals surface area (Å²) in [7, 11) is 0. The molecule has 1 rings (SSSR count). The Kier molecular flexibility index (Phi) is 5.08. The van der Waals surface area contributed by atoms with Gasteiger partial charge >= 0.3 is 5.97 Å². The zero-order valence-corrected chi connectivity index (χ0v) is 11.0. The summed E-state index contributed by atoms with van der Waals surface area (Å²) < 4.78 is 0. The molecule has 0 unspecified atom stereocenters. The summed E-state index contributed by atoms with van der Waals surface area (Å²) in [6, 6.07) is 0. The Bertz CT molecular complexity index is 415. The van der Waals surface area contributed by atoms with Crippen molar-refractivity contribution in [1.82, 2.24) is 0 Å². The van der Waals surface area contributed by atoms with Crippen molar-refractivity contribution in [2.45, 2.75) is 33.1 Å². The standard InChI is InChI=1S/C15H20O3/c1-10-4-6-14(12(3)15(17)18)9-8-13(10)7-5-11(2)16/h5,7-8,10,14H,3-4,6,9H2,1-2H3,(H,17,18)/b7-5+/t10-,14+/m0/s1. The predicted octanol–water partition coefficient (Wildman–Crippen LogP) is 3.14. The molecule has 0 spiro atoms. The number of carbonyl (C=O) groups excluding carboxylic acids is 1. The maximum absolute atomic E-state index is 10.9. The van der Waals surface area contributed by atoms with E-state index in [1.54, 1.807) is 6.08 Å². The van der Waals surface area contributed by atoms with Crippen LogP contribution in [0.15, 0.2) is 36.0 Å². The molecule has 0 aliphatic heterocycles. The van der Waals surface area contributed by atoms with Crippen molar-refractivity contribution in [3.8, 4) is 0 Å². The molecule has 0 aromatic heterocycles. The minimum atomic E-state index is -0.913. The molecule has 0 saturated heterocycles. The minimum absolute atomic E-state index is 0.00757.